The van der Waals surface area contributed by atoms with Gasteiger partial charge in [-0.25, -0.2) is 0 Å². The molecule has 4 aromatic rings. The normalized spacial score (nSPS) is 12.9. The summed E-state index contributed by atoms with van der Waals surface area (Å²) in [5.41, 5.74) is 0.646. The maximum absolute atomic E-state index is 13.9. The quantitative estimate of drug-likeness (QED) is 0.409. The number of rotatable bonds is 4. The van der Waals surface area contributed by atoms with E-state index < -0.39 is 12.2 Å². The summed E-state index contributed by atoms with van der Waals surface area (Å²) < 4.78 is 43.0. The van der Waals surface area contributed by atoms with Crippen molar-refractivity contribution < 1.29 is 13.2 Å². The molecule has 2 aromatic carbocycles. The van der Waals surface area contributed by atoms with Crippen LogP contribution >= 0.6 is 23.2 Å². The number of nitrogens with zero attached hydrogens (tertiary/aromatic N) is 4. The number of hydrogen-bond acceptors (Lipinski definition) is 4. The van der Waals surface area contributed by atoms with Gasteiger partial charge in [0.25, 0.3) is 5.78 Å². The highest BCUT2D eigenvalue weighted by Crippen LogP contribution is 2.42. The van der Waals surface area contributed by atoms with Gasteiger partial charge >= 0.3 is 6.18 Å². The minimum Gasteiger partial charge on any atom is -0.354 e. The van der Waals surface area contributed by atoms with Crippen molar-refractivity contribution in [3.05, 3.63) is 76.7 Å². The summed E-state index contributed by atoms with van der Waals surface area (Å²) in [7, 11) is 0. The topological polar surface area (TPSA) is 55.1 Å². The fourth-order valence-electron chi connectivity index (χ4n) is 2.99. The Balaban J connectivity index is 1.96. The van der Waals surface area contributed by atoms with Crippen LogP contribution in [0, 0.1) is 0 Å². The van der Waals surface area contributed by atoms with Crippen molar-refractivity contribution in [1.82, 2.24) is 19.6 Å². The largest absolute Gasteiger partial charge is 0.412 e. The van der Waals surface area contributed by atoms with E-state index in [1.807, 2.05) is 0 Å². The predicted molar refractivity (Wildman–Crippen MR) is 105 cm³/mol. The smallest absolute Gasteiger partial charge is 0.354 e. The Morgan fingerprint density at radius 3 is 2.34 bits per heavy atom. The lowest BCUT2D eigenvalue weighted by atomic mass is 10.0. The third kappa shape index (κ3) is 3.73. The number of benzene rings is 2. The molecule has 2 heterocycles. The maximum atomic E-state index is 13.9. The van der Waals surface area contributed by atoms with Gasteiger partial charge in [-0.05, 0) is 11.6 Å². The second kappa shape index (κ2) is 7.53. The molecule has 0 aliphatic heterocycles. The molecule has 0 radical (unpaired) electrons. The Morgan fingerprint density at radius 2 is 1.66 bits per heavy atom. The molecule has 1 atom stereocenters. The second-order valence-electron chi connectivity index (χ2n) is 6.11. The van der Waals surface area contributed by atoms with E-state index in [0.717, 1.165) is 0 Å². The van der Waals surface area contributed by atoms with Gasteiger partial charge in [0, 0.05) is 10.6 Å². The lowest BCUT2D eigenvalue weighted by molar-refractivity contribution is -0.144. The Morgan fingerprint density at radius 1 is 0.966 bits per heavy atom. The van der Waals surface area contributed by atoms with Crippen molar-refractivity contribution in [3.8, 4) is 11.1 Å². The first-order chi connectivity index (χ1) is 13.9. The number of halogens is 5. The Kier molecular flexibility index (Phi) is 5.06. The van der Waals surface area contributed by atoms with Crippen LogP contribution in [0.15, 0.2) is 60.9 Å². The molecule has 148 valence electrons. The van der Waals surface area contributed by atoms with Crippen LogP contribution in [0.4, 0.5) is 19.0 Å². The van der Waals surface area contributed by atoms with E-state index in [2.05, 4.69) is 20.4 Å². The van der Waals surface area contributed by atoms with E-state index in [9.17, 15) is 13.2 Å². The molecule has 2 aromatic heterocycles. The highest BCUT2D eigenvalue weighted by atomic mass is 35.5. The summed E-state index contributed by atoms with van der Waals surface area (Å²) in [5, 5.41) is 6.83. The number of fused-ring (bicyclic) bond motifs is 1. The van der Waals surface area contributed by atoms with E-state index in [4.69, 9.17) is 23.2 Å². The minimum absolute atomic E-state index is 0.0169. The molecular formula is C19H12Cl2F3N5. The van der Waals surface area contributed by atoms with Gasteiger partial charge in [-0.3, -0.25) is 0 Å². The fraction of sp³-hybridized carbons (Fsp3) is 0.105. The van der Waals surface area contributed by atoms with E-state index in [1.54, 1.807) is 30.3 Å². The highest BCUT2D eigenvalue weighted by Gasteiger charge is 2.42. The van der Waals surface area contributed by atoms with E-state index in [-0.39, 0.29) is 27.9 Å². The molecule has 5 nitrogen and oxygen atoms in total. The number of hydrogen-bond donors (Lipinski definition) is 1. The standard InChI is InChI=1S/C19H12Cl2F3N5/c20-13-9-5-4-8-12(13)14-16(21)28-18-25-10-26-29(18)17(14)27-15(19(22,23)24)11-6-2-1-3-7-11/h1-10,15,27H. The monoisotopic (exact) mass is 437 g/mol. The highest BCUT2D eigenvalue weighted by molar-refractivity contribution is 6.36. The molecule has 1 unspecified atom stereocenters. The fourth-order valence-corrected chi connectivity index (χ4v) is 3.49. The van der Waals surface area contributed by atoms with Gasteiger partial charge in [-0.15, -0.1) is 0 Å². The SMILES string of the molecule is FC(F)(F)C(Nc1c(-c2ccccc2Cl)c(Cl)nc2ncnn12)c1ccccc1. The van der Waals surface area contributed by atoms with Crippen LogP contribution in [0.25, 0.3) is 16.9 Å². The van der Waals surface area contributed by atoms with Crippen LogP contribution in [0.3, 0.4) is 0 Å². The minimum atomic E-state index is -4.60. The van der Waals surface area contributed by atoms with Gasteiger partial charge in [-0.1, -0.05) is 71.7 Å². The molecule has 0 aliphatic carbocycles. The van der Waals surface area contributed by atoms with Gasteiger partial charge in [0.2, 0.25) is 0 Å². The molecule has 1 N–H and O–H groups in total. The summed E-state index contributed by atoms with van der Waals surface area (Å²) in [6.07, 6.45) is -3.41. The first-order valence-electron chi connectivity index (χ1n) is 8.38. The van der Waals surface area contributed by atoms with E-state index in [0.29, 0.717) is 10.6 Å². The zero-order valence-electron chi connectivity index (χ0n) is 14.5. The van der Waals surface area contributed by atoms with Crippen molar-refractivity contribution in [3.63, 3.8) is 0 Å². The summed E-state index contributed by atoms with van der Waals surface area (Å²) in [6, 6.07) is 12.1. The molecule has 0 spiro atoms. The molecule has 4 rings (SSSR count). The molecule has 0 saturated heterocycles. The van der Waals surface area contributed by atoms with Crippen molar-refractivity contribution in [2.45, 2.75) is 12.2 Å². The number of anilines is 1. The zero-order valence-corrected chi connectivity index (χ0v) is 16.0. The van der Waals surface area contributed by atoms with Gasteiger partial charge in [-0.2, -0.15) is 32.8 Å². The third-order valence-corrected chi connectivity index (χ3v) is 4.87. The molecule has 29 heavy (non-hydrogen) atoms. The summed E-state index contributed by atoms with van der Waals surface area (Å²) >= 11 is 12.6. The average Bonchev–Trinajstić information content (AvgIpc) is 3.14. The molecule has 0 bridgehead atoms. The lowest BCUT2D eigenvalue weighted by Crippen LogP contribution is -2.29. The molecule has 0 saturated carbocycles. The first kappa shape index (κ1) is 19.5. The van der Waals surface area contributed by atoms with E-state index in [1.165, 1.54) is 35.1 Å². The van der Waals surface area contributed by atoms with Crippen LogP contribution < -0.4 is 5.32 Å². The predicted octanol–water partition coefficient (Wildman–Crippen LogP) is 5.81. The number of alkyl halides is 3. The zero-order chi connectivity index (χ0) is 20.6. The summed E-state index contributed by atoms with van der Waals surface area (Å²) in [6.45, 7) is 0. The van der Waals surface area contributed by atoms with Crippen molar-refractivity contribution in [2.75, 3.05) is 5.32 Å². The van der Waals surface area contributed by atoms with Gasteiger partial charge in [0.1, 0.15) is 23.3 Å². The van der Waals surface area contributed by atoms with Crippen LogP contribution in [0.1, 0.15) is 11.6 Å². The van der Waals surface area contributed by atoms with Crippen molar-refractivity contribution in [2.24, 2.45) is 0 Å². The van der Waals surface area contributed by atoms with Crippen LogP contribution in [0.5, 0.6) is 0 Å². The third-order valence-electron chi connectivity index (χ3n) is 4.27. The molecular weight excluding hydrogens is 426 g/mol. The second-order valence-corrected chi connectivity index (χ2v) is 6.87. The van der Waals surface area contributed by atoms with Crippen LogP contribution in [-0.4, -0.2) is 25.8 Å². The summed E-state index contributed by atoms with van der Waals surface area (Å²) in [5.74, 6) is 0.0408. The average molecular weight is 438 g/mol. The Bertz CT molecular complexity index is 1160. The van der Waals surface area contributed by atoms with Crippen LogP contribution in [0.2, 0.25) is 10.2 Å². The first-order valence-corrected chi connectivity index (χ1v) is 9.14. The van der Waals surface area contributed by atoms with Crippen LogP contribution in [-0.2, 0) is 0 Å². The molecule has 0 amide bonds. The maximum Gasteiger partial charge on any atom is 0.412 e. The van der Waals surface area contributed by atoms with Crippen molar-refractivity contribution >= 4 is 34.8 Å². The Labute approximate surface area is 173 Å². The Hall–Kier alpha value is -2.84. The molecule has 0 aliphatic rings. The van der Waals surface area contributed by atoms with Gasteiger partial charge in [0.15, 0.2) is 0 Å². The van der Waals surface area contributed by atoms with Gasteiger partial charge in [0.05, 0.1) is 5.56 Å². The van der Waals surface area contributed by atoms with Gasteiger partial charge < -0.3 is 5.32 Å². The molecule has 10 heteroatoms. The summed E-state index contributed by atoms with van der Waals surface area (Å²) in [4.78, 5) is 8.07. The number of aromatic nitrogens is 4. The van der Waals surface area contributed by atoms with Crippen molar-refractivity contribution in [1.29, 1.82) is 0 Å². The van der Waals surface area contributed by atoms with E-state index >= 15 is 0 Å². The number of nitrogens with one attached hydrogen (secondary N) is 1. The molecule has 0 fully saturated rings. The lowest BCUT2D eigenvalue weighted by Gasteiger charge is -2.25.